The highest BCUT2D eigenvalue weighted by molar-refractivity contribution is 5.85. The van der Waals surface area contributed by atoms with Crippen molar-refractivity contribution in [1.82, 2.24) is 4.90 Å². The number of aliphatic hydroxyl groups is 1. The number of likely N-dealkylation sites (N-methyl/N-ethyl adjacent to an activating group) is 1. The van der Waals surface area contributed by atoms with Crippen molar-refractivity contribution in [3.05, 3.63) is 35.9 Å². The van der Waals surface area contributed by atoms with Crippen LogP contribution in [0, 0.1) is 0 Å². The van der Waals surface area contributed by atoms with Gasteiger partial charge in [0.25, 0.3) is 0 Å². The number of hydrogen-bond acceptors (Lipinski definition) is 4. The molecule has 1 atom stereocenters. The molecule has 1 aliphatic rings. The molecule has 1 aromatic rings. The lowest BCUT2D eigenvalue weighted by molar-refractivity contribution is -0.154. The maximum absolute atomic E-state index is 13.0. The second-order valence-electron chi connectivity index (χ2n) is 7.41. The van der Waals surface area contributed by atoms with Crippen LogP contribution in [0.5, 0.6) is 0 Å². The van der Waals surface area contributed by atoms with Crippen molar-refractivity contribution in [2.45, 2.75) is 70.3 Å². The number of benzene rings is 1. The van der Waals surface area contributed by atoms with Gasteiger partial charge in [-0.05, 0) is 31.5 Å². The highest BCUT2D eigenvalue weighted by Crippen LogP contribution is 2.39. The van der Waals surface area contributed by atoms with Crippen molar-refractivity contribution in [3.8, 4) is 0 Å². The number of carbonyl (C=O) groups excluding carboxylic acids is 1. The SMILES string of the molecule is CCN(CC)CCOC(=O)C(c1ccccc1)C1(O)CCCCCCC1.Cl. The van der Waals surface area contributed by atoms with E-state index in [0.29, 0.717) is 19.4 Å². The summed E-state index contributed by atoms with van der Waals surface area (Å²) in [6.45, 7) is 7.21. The fraction of sp³-hybridized carbons (Fsp3) is 0.682. The van der Waals surface area contributed by atoms with Gasteiger partial charge in [-0.15, -0.1) is 12.4 Å². The van der Waals surface area contributed by atoms with Crippen molar-refractivity contribution in [3.63, 3.8) is 0 Å². The topological polar surface area (TPSA) is 49.8 Å². The average Bonchev–Trinajstić information content (AvgIpc) is 2.63. The minimum Gasteiger partial charge on any atom is -0.464 e. The first-order valence-electron chi connectivity index (χ1n) is 10.3. The molecule has 1 fully saturated rings. The van der Waals surface area contributed by atoms with Crippen LogP contribution >= 0.6 is 12.4 Å². The molecule has 0 aliphatic heterocycles. The summed E-state index contributed by atoms with van der Waals surface area (Å²) in [5.41, 5.74) is -0.142. The zero-order chi connectivity index (χ0) is 18.8. The maximum atomic E-state index is 13.0. The zero-order valence-electron chi connectivity index (χ0n) is 16.9. The van der Waals surface area contributed by atoms with Gasteiger partial charge >= 0.3 is 5.97 Å². The van der Waals surface area contributed by atoms with Gasteiger partial charge in [0.05, 0.1) is 5.60 Å². The van der Waals surface area contributed by atoms with Crippen LogP contribution in [-0.2, 0) is 9.53 Å². The molecule has 0 radical (unpaired) electrons. The fourth-order valence-corrected chi connectivity index (χ4v) is 4.02. The predicted octanol–water partition coefficient (Wildman–Crippen LogP) is 4.55. The molecule has 0 heterocycles. The molecule has 2 rings (SSSR count). The molecule has 1 N–H and O–H groups in total. The number of nitrogens with zero attached hydrogens (tertiary/aromatic N) is 1. The number of esters is 1. The highest BCUT2D eigenvalue weighted by atomic mass is 35.5. The summed E-state index contributed by atoms with van der Waals surface area (Å²) >= 11 is 0. The summed E-state index contributed by atoms with van der Waals surface area (Å²) in [5.74, 6) is -0.884. The number of carbonyl (C=O) groups is 1. The Bertz CT molecular complexity index is 526. The van der Waals surface area contributed by atoms with E-state index in [0.717, 1.165) is 50.9 Å². The summed E-state index contributed by atoms with van der Waals surface area (Å²) in [4.78, 5) is 15.2. The van der Waals surface area contributed by atoms with Crippen molar-refractivity contribution < 1.29 is 14.6 Å². The molecule has 5 heteroatoms. The van der Waals surface area contributed by atoms with Gasteiger partial charge in [-0.2, -0.15) is 0 Å². The largest absolute Gasteiger partial charge is 0.464 e. The maximum Gasteiger partial charge on any atom is 0.316 e. The molecule has 0 saturated heterocycles. The van der Waals surface area contributed by atoms with E-state index in [-0.39, 0.29) is 18.4 Å². The van der Waals surface area contributed by atoms with E-state index >= 15 is 0 Å². The third-order valence-corrected chi connectivity index (χ3v) is 5.67. The molecule has 1 unspecified atom stereocenters. The van der Waals surface area contributed by atoms with Gasteiger partial charge in [-0.1, -0.05) is 76.3 Å². The Hall–Kier alpha value is -1.10. The third-order valence-electron chi connectivity index (χ3n) is 5.67. The predicted molar refractivity (Wildman–Crippen MR) is 112 cm³/mol. The molecule has 0 bridgehead atoms. The lowest BCUT2D eigenvalue weighted by atomic mass is 9.74. The molecule has 1 saturated carbocycles. The molecule has 0 amide bonds. The van der Waals surface area contributed by atoms with Gasteiger partial charge in [0, 0.05) is 6.54 Å². The lowest BCUT2D eigenvalue weighted by Gasteiger charge is -2.36. The normalized spacial score (nSPS) is 18.1. The van der Waals surface area contributed by atoms with Gasteiger partial charge in [-0.3, -0.25) is 4.79 Å². The van der Waals surface area contributed by atoms with Gasteiger partial charge in [0.1, 0.15) is 12.5 Å². The van der Waals surface area contributed by atoms with Crippen LogP contribution in [0.4, 0.5) is 0 Å². The fourth-order valence-electron chi connectivity index (χ4n) is 4.02. The van der Waals surface area contributed by atoms with Crippen LogP contribution in [0.2, 0.25) is 0 Å². The Balaban J connectivity index is 0.00000364. The Morgan fingerprint density at radius 2 is 1.63 bits per heavy atom. The standard InChI is InChI=1S/C22H35NO3.ClH/c1-3-23(4-2)17-18-26-21(24)20(19-13-9-8-10-14-19)22(25)15-11-6-5-7-12-16-22;/h8-10,13-14,20,25H,3-7,11-12,15-18H2,1-2H3;1H. The van der Waals surface area contributed by atoms with Crippen LogP contribution in [0.25, 0.3) is 0 Å². The van der Waals surface area contributed by atoms with E-state index in [9.17, 15) is 9.90 Å². The van der Waals surface area contributed by atoms with Crippen molar-refractivity contribution in [2.24, 2.45) is 0 Å². The summed E-state index contributed by atoms with van der Waals surface area (Å²) in [7, 11) is 0. The lowest BCUT2D eigenvalue weighted by Crippen LogP contribution is -2.42. The van der Waals surface area contributed by atoms with Crippen LogP contribution in [0.1, 0.15) is 70.3 Å². The first-order chi connectivity index (χ1) is 12.6. The molecule has 4 nitrogen and oxygen atoms in total. The molecule has 0 aromatic heterocycles. The Kier molecular flexibility index (Phi) is 11.0. The van der Waals surface area contributed by atoms with E-state index in [1.807, 2.05) is 30.3 Å². The van der Waals surface area contributed by atoms with E-state index < -0.39 is 11.5 Å². The van der Waals surface area contributed by atoms with Crippen molar-refractivity contribution >= 4 is 18.4 Å². The second kappa shape index (κ2) is 12.4. The van der Waals surface area contributed by atoms with E-state index in [2.05, 4.69) is 18.7 Å². The molecule has 154 valence electrons. The number of rotatable bonds is 8. The number of halogens is 1. The van der Waals surface area contributed by atoms with Gasteiger partial charge < -0.3 is 14.7 Å². The van der Waals surface area contributed by atoms with E-state index in [1.165, 1.54) is 6.42 Å². The Morgan fingerprint density at radius 3 is 2.19 bits per heavy atom. The Labute approximate surface area is 170 Å². The summed E-state index contributed by atoms with van der Waals surface area (Å²) < 4.78 is 5.64. The van der Waals surface area contributed by atoms with Crippen LogP contribution < -0.4 is 0 Å². The summed E-state index contributed by atoms with van der Waals surface area (Å²) in [6, 6.07) is 9.67. The minimum atomic E-state index is -1.01. The van der Waals surface area contributed by atoms with Crippen LogP contribution in [-0.4, -0.2) is 47.8 Å². The second-order valence-corrected chi connectivity index (χ2v) is 7.41. The summed E-state index contributed by atoms with van der Waals surface area (Å²) in [6.07, 6.45) is 6.73. The average molecular weight is 398 g/mol. The molecule has 1 aliphatic carbocycles. The van der Waals surface area contributed by atoms with Crippen molar-refractivity contribution in [2.75, 3.05) is 26.2 Å². The third kappa shape index (κ3) is 7.10. The van der Waals surface area contributed by atoms with Gasteiger partial charge in [0.2, 0.25) is 0 Å². The van der Waals surface area contributed by atoms with Gasteiger partial charge in [-0.25, -0.2) is 0 Å². The molecule has 0 spiro atoms. The minimum absolute atomic E-state index is 0. The first-order valence-corrected chi connectivity index (χ1v) is 10.3. The highest BCUT2D eigenvalue weighted by Gasteiger charge is 2.43. The van der Waals surface area contributed by atoms with E-state index in [4.69, 9.17) is 4.74 Å². The van der Waals surface area contributed by atoms with E-state index in [1.54, 1.807) is 0 Å². The zero-order valence-corrected chi connectivity index (χ0v) is 17.7. The molecule has 1 aromatic carbocycles. The smallest absolute Gasteiger partial charge is 0.316 e. The van der Waals surface area contributed by atoms with Crippen molar-refractivity contribution in [1.29, 1.82) is 0 Å². The quantitative estimate of drug-likeness (QED) is 0.653. The first kappa shape index (κ1) is 23.9. The molecular formula is C22H36ClNO3. The molecule has 27 heavy (non-hydrogen) atoms. The van der Waals surface area contributed by atoms with Crippen LogP contribution in [0.15, 0.2) is 30.3 Å². The Morgan fingerprint density at radius 1 is 1.07 bits per heavy atom. The molecular weight excluding hydrogens is 362 g/mol. The van der Waals surface area contributed by atoms with Crippen LogP contribution in [0.3, 0.4) is 0 Å². The number of hydrogen-bond donors (Lipinski definition) is 1. The number of ether oxygens (including phenoxy) is 1. The summed E-state index contributed by atoms with van der Waals surface area (Å²) in [5, 5.41) is 11.4. The monoisotopic (exact) mass is 397 g/mol. The van der Waals surface area contributed by atoms with Gasteiger partial charge in [0.15, 0.2) is 0 Å².